The van der Waals surface area contributed by atoms with Crippen molar-refractivity contribution in [3.8, 4) is 6.07 Å². The number of anilines is 1. The number of fused-ring (bicyclic) bond motifs is 1. The Bertz CT molecular complexity index is 1030. The molecule has 2 aromatic heterocycles. The van der Waals surface area contributed by atoms with Crippen molar-refractivity contribution in [3.05, 3.63) is 56.8 Å². The third kappa shape index (κ3) is 4.27. The number of nitriles is 1. The van der Waals surface area contributed by atoms with Crippen molar-refractivity contribution < 1.29 is 4.79 Å². The third-order valence-corrected chi connectivity index (χ3v) is 7.81. The van der Waals surface area contributed by atoms with E-state index in [0.29, 0.717) is 16.6 Å². The zero-order valence-corrected chi connectivity index (χ0v) is 17.7. The number of rotatable bonds is 5. The van der Waals surface area contributed by atoms with Gasteiger partial charge in [0, 0.05) is 16.0 Å². The van der Waals surface area contributed by atoms with Gasteiger partial charge in [-0.15, -0.1) is 21.5 Å². The maximum atomic E-state index is 12.7. The number of thiophene rings is 1. The van der Waals surface area contributed by atoms with Crippen molar-refractivity contribution in [2.45, 2.75) is 36.3 Å². The van der Waals surface area contributed by atoms with Crippen LogP contribution in [0.3, 0.4) is 0 Å². The predicted octanol–water partition coefficient (Wildman–Crippen LogP) is 5.14. The third-order valence-electron chi connectivity index (χ3n) is 4.72. The van der Waals surface area contributed by atoms with E-state index < -0.39 is 0 Å². The molecule has 2 heterocycles. The molecule has 0 spiro atoms. The number of amides is 1. The van der Waals surface area contributed by atoms with Crippen molar-refractivity contribution in [2.24, 2.45) is 5.92 Å². The molecule has 1 amide bonds. The van der Waals surface area contributed by atoms with Crippen LogP contribution in [-0.2, 0) is 18.6 Å². The van der Waals surface area contributed by atoms with E-state index in [2.05, 4.69) is 28.5 Å². The van der Waals surface area contributed by atoms with Gasteiger partial charge in [-0.1, -0.05) is 42.2 Å². The maximum Gasteiger partial charge on any atom is 0.258 e. The first kappa shape index (κ1) is 19.1. The normalized spacial score (nSPS) is 15.6. The second-order valence-electron chi connectivity index (χ2n) is 6.82. The van der Waals surface area contributed by atoms with E-state index in [4.69, 9.17) is 5.26 Å². The van der Waals surface area contributed by atoms with Crippen LogP contribution in [0.1, 0.15) is 45.3 Å². The molecule has 0 saturated heterocycles. The highest BCUT2D eigenvalue weighted by atomic mass is 32.2. The Morgan fingerprint density at radius 3 is 2.96 bits per heavy atom. The van der Waals surface area contributed by atoms with Crippen molar-refractivity contribution in [3.63, 3.8) is 0 Å². The number of benzene rings is 1. The van der Waals surface area contributed by atoms with Gasteiger partial charge in [0.15, 0.2) is 4.34 Å². The van der Waals surface area contributed by atoms with E-state index in [1.54, 1.807) is 23.1 Å². The first-order chi connectivity index (χ1) is 13.6. The first-order valence-electron chi connectivity index (χ1n) is 8.98. The molecule has 8 heteroatoms. The number of thioether (sulfide) groups is 1. The molecule has 1 atom stereocenters. The average molecular weight is 427 g/mol. The van der Waals surface area contributed by atoms with Gasteiger partial charge in [0.25, 0.3) is 5.91 Å². The highest BCUT2D eigenvalue weighted by molar-refractivity contribution is 8.00. The number of nitrogens with zero attached hydrogens (tertiary/aromatic N) is 3. The Hall–Kier alpha value is -2.21. The molecule has 142 valence electrons. The van der Waals surface area contributed by atoms with Crippen LogP contribution in [0.4, 0.5) is 5.13 Å². The lowest BCUT2D eigenvalue weighted by Crippen LogP contribution is -2.16. The Balaban J connectivity index is 1.37. The minimum atomic E-state index is -0.0909. The number of aromatic nitrogens is 2. The van der Waals surface area contributed by atoms with E-state index in [9.17, 15) is 4.79 Å². The molecule has 1 aliphatic rings. The second-order valence-corrected chi connectivity index (χ2v) is 9.99. The molecule has 0 bridgehead atoms. The molecule has 0 fully saturated rings. The number of carbonyl (C=O) groups excluding carboxylic acids is 1. The van der Waals surface area contributed by atoms with E-state index in [0.717, 1.165) is 40.5 Å². The molecule has 1 aromatic carbocycles. The summed E-state index contributed by atoms with van der Waals surface area (Å²) in [6, 6.07) is 9.62. The number of carbonyl (C=O) groups is 1. The quantitative estimate of drug-likeness (QED) is 0.451. The van der Waals surface area contributed by atoms with Crippen molar-refractivity contribution >= 4 is 45.5 Å². The molecule has 0 saturated carbocycles. The van der Waals surface area contributed by atoms with Gasteiger partial charge in [-0.2, -0.15) is 5.26 Å². The number of nitrogens with one attached hydrogen (secondary N) is 1. The summed E-state index contributed by atoms with van der Waals surface area (Å²) in [5.41, 5.74) is 3.76. The van der Waals surface area contributed by atoms with Gasteiger partial charge in [-0.3, -0.25) is 10.1 Å². The molecular weight excluding hydrogens is 408 g/mol. The summed E-state index contributed by atoms with van der Waals surface area (Å²) in [6.45, 7) is 2.26. The van der Waals surface area contributed by atoms with E-state index in [1.807, 2.05) is 29.6 Å². The van der Waals surface area contributed by atoms with E-state index >= 15 is 0 Å². The van der Waals surface area contributed by atoms with Crippen LogP contribution in [0.5, 0.6) is 0 Å². The molecule has 1 aliphatic carbocycles. The van der Waals surface area contributed by atoms with Gasteiger partial charge in [0.1, 0.15) is 0 Å². The molecule has 1 N–H and O–H groups in total. The van der Waals surface area contributed by atoms with Crippen LogP contribution in [0.25, 0.3) is 0 Å². The molecule has 0 aliphatic heterocycles. The average Bonchev–Trinajstić information content (AvgIpc) is 3.33. The molecule has 28 heavy (non-hydrogen) atoms. The van der Waals surface area contributed by atoms with Crippen molar-refractivity contribution in [2.75, 3.05) is 5.32 Å². The van der Waals surface area contributed by atoms with Gasteiger partial charge < -0.3 is 0 Å². The molecule has 4 rings (SSSR count). The van der Waals surface area contributed by atoms with Crippen LogP contribution in [0, 0.1) is 17.2 Å². The summed E-state index contributed by atoms with van der Waals surface area (Å²) in [4.78, 5) is 14.0. The minimum Gasteiger partial charge on any atom is -0.296 e. The summed E-state index contributed by atoms with van der Waals surface area (Å²) >= 11 is 4.64. The highest BCUT2D eigenvalue weighted by Crippen LogP contribution is 2.34. The van der Waals surface area contributed by atoms with Crippen LogP contribution in [0.15, 0.2) is 34.0 Å². The lowest BCUT2D eigenvalue weighted by Gasteiger charge is -2.18. The van der Waals surface area contributed by atoms with Gasteiger partial charge in [-0.05, 0) is 48.4 Å². The molecule has 0 radical (unpaired) electrons. The fraction of sp³-hybridized carbons (Fsp3) is 0.300. The van der Waals surface area contributed by atoms with Crippen molar-refractivity contribution in [1.29, 1.82) is 5.26 Å². The second kappa shape index (κ2) is 8.43. The molecule has 1 unspecified atom stereocenters. The standard InChI is InChI=1S/C20H18N4OS3/c1-12-2-7-15-16(11-26-17(15)8-12)18(25)22-19-23-24-20(28-19)27-10-14-5-3-13(9-21)4-6-14/h3-6,11-12H,2,7-8,10H2,1H3,(H,22,23,25). The zero-order valence-electron chi connectivity index (χ0n) is 15.3. The predicted molar refractivity (Wildman–Crippen MR) is 114 cm³/mol. The van der Waals surface area contributed by atoms with Crippen LogP contribution < -0.4 is 5.32 Å². The van der Waals surface area contributed by atoms with Crippen LogP contribution >= 0.6 is 34.4 Å². The number of hydrogen-bond donors (Lipinski definition) is 1. The molecular formula is C20H18N4OS3. The Kier molecular flexibility index (Phi) is 5.76. The smallest absolute Gasteiger partial charge is 0.258 e. The maximum absolute atomic E-state index is 12.7. The fourth-order valence-electron chi connectivity index (χ4n) is 3.17. The lowest BCUT2D eigenvalue weighted by molar-refractivity contribution is 0.102. The highest BCUT2D eigenvalue weighted by Gasteiger charge is 2.23. The SMILES string of the molecule is CC1CCc2c(C(=O)Nc3nnc(SCc4ccc(C#N)cc4)s3)csc2C1. The minimum absolute atomic E-state index is 0.0909. The van der Waals surface area contributed by atoms with Gasteiger partial charge in [-0.25, -0.2) is 0 Å². The molecule has 3 aromatic rings. The summed E-state index contributed by atoms with van der Waals surface area (Å²) in [5.74, 6) is 1.34. The fourth-order valence-corrected chi connectivity index (χ4v) is 6.12. The summed E-state index contributed by atoms with van der Waals surface area (Å²) in [7, 11) is 0. The van der Waals surface area contributed by atoms with Crippen LogP contribution in [-0.4, -0.2) is 16.1 Å². The largest absolute Gasteiger partial charge is 0.296 e. The summed E-state index contributed by atoms with van der Waals surface area (Å²) in [6.07, 6.45) is 3.19. The molecule has 5 nitrogen and oxygen atoms in total. The first-order valence-corrected chi connectivity index (χ1v) is 11.7. The van der Waals surface area contributed by atoms with Crippen molar-refractivity contribution in [1.82, 2.24) is 10.2 Å². The van der Waals surface area contributed by atoms with Gasteiger partial charge in [0.2, 0.25) is 5.13 Å². The van der Waals surface area contributed by atoms with E-state index in [-0.39, 0.29) is 5.91 Å². The summed E-state index contributed by atoms with van der Waals surface area (Å²) < 4.78 is 0.806. The monoisotopic (exact) mass is 426 g/mol. The Morgan fingerprint density at radius 1 is 1.36 bits per heavy atom. The van der Waals surface area contributed by atoms with Gasteiger partial charge in [0.05, 0.1) is 17.2 Å². The zero-order chi connectivity index (χ0) is 19.5. The topological polar surface area (TPSA) is 78.7 Å². The summed E-state index contributed by atoms with van der Waals surface area (Å²) in [5, 5.41) is 22.5. The Labute approximate surface area is 175 Å². The number of hydrogen-bond acceptors (Lipinski definition) is 7. The lowest BCUT2D eigenvalue weighted by atomic mass is 9.88. The van der Waals surface area contributed by atoms with Crippen LogP contribution in [0.2, 0.25) is 0 Å². The Morgan fingerprint density at radius 2 is 2.18 bits per heavy atom. The van der Waals surface area contributed by atoms with E-state index in [1.165, 1.54) is 21.8 Å². The van der Waals surface area contributed by atoms with Gasteiger partial charge >= 0.3 is 0 Å².